The summed E-state index contributed by atoms with van der Waals surface area (Å²) >= 11 is 0. The summed E-state index contributed by atoms with van der Waals surface area (Å²) < 4.78 is 205. The molecule has 0 spiro atoms. The number of benzene rings is 4. The van der Waals surface area contributed by atoms with Gasteiger partial charge in [-0.2, -0.15) is 8.78 Å². The fraction of sp³-hybridized carbons (Fsp3) is 0.200. The molecule has 8 nitrogen and oxygen atoms in total. The summed E-state index contributed by atoms with van der Waals surface area (Å²) in [6.07, 6.45) is -12.2. The van der Waals surface area contributed by atoms with Crippen LogP contribution in [-0.2, 0) is 19.7 Å². The summed E-state index contributed by atoms with van der Waals surface area (Å²) in [6, 6.07) is 6.57. The molecule has 0 aromatic heterocycles. The summed E-state index contributed by atoms with van der Waals surface area (Å²) in [5.74, 6) is -6.74. The fourth-order valence-corrected chi connectivity index (χ4v) is 8.18. The third-order valence-corrected chi connectivity index (χ3v) is 11.1. The first kappa shape index (κ1) is 37.8. The van der Waals surface area contributed by atoms with Gasteiger partial charge in [0.05, 0.1) is 20.9 Å². The second kappa shape index (κ2) is 13.3. The summed E-state index contributed by atoms with van der Waals surface area (Å²) in [4.78, 5) is -1.94. The van der Waals surface area contributed by atoms with E-state index in [2.05, 4.69) is 0 Å². The van der Waals surface area contributed by atoms with Gasteiger partial charge in [0.2, 0.25) is 25.2 Å². The Morgan fingerprint density at radius 1 is 0.627 bits per heavy atom. The molecule has 4 aromatic rings. The second-order valence-corrected chi connectivity index (χ2v) is 14.6. The van der Waals surface area contributed by atoms with Gasteiger partial charge in [-0.1, -0.05) is 0 Å². The maximum absolute atomic E-state index is 13.8. The average Bonchev–Trinajstić information content (AvgIpc) is 3.26. The van der Waals surface area contributed by atoms with Gasteiger partial charge >= 0.3 is 5.25 Å². The predicted octanol–water partition coefficient (Wildman–Crippen LogP) is 7.92. The van der Waals surface area contributed by atoms with Crippen LogP contribution in [0.1, 0.15) is 47.3 Å². The van der Waals surface area contributed by atoms with Crippen molar-refractivity contribution in [3.05, 3.63) is 106 Å². The van der Waals surface area contributed by atoms with Crippen molar-refractivity contribution in [3.8, 4) is 23.0 Å². The van der Waals surface area contributed by atoms with Crippen molar-refractivity contribution in [1.82, 2.24) is 0 Å². The molecule has 2 aliphatic rings. The van der Waals surface area contributed by atoms with E-state index in [0.717, 1.165) is 24.3 Å². The number of sulfone groups is 2. The number of aliphatic hydroxyl groups is 2. The Morgan fingerprint density at radius 2 is 1.02 bits per heavy atom. The highest BCUT2D eigenvalue weighted by atomic mass is 32.2. The van der Waals surface area contributed by atoms with Crippen LogP contribution in [0.15, 0.2) is 70.5 Å². The second-order valence-electron chi connectivity index (χ2n) is 10.6. The average molecular weight is 779 g/mol. The molecule has 0 amide bonds. The molecule has 2 aliphatic heterocycles. The highest BCUT2D eigenvalue weighted by molar-refractivity contribution is 7.93. The van der Waals surface area contributed by atoms with Crippen LogP contribution in [-0.4, -0.2) is 37.8 Å². The van der Waals surface area contributed by atoms with Crippen LogP contribution in [0.25, 0.3) is 0 Å². The van der Waals surface area contributed by atoms with E-state index in [1.54, 1.807) is 0 Å². The van der Waals surface area contributed by atoms with E-state index in [1.165, 1.54) is 0 Å². The normalized spacial score (nSPS) is 20.8. The van der Waals surface area contributed by atoms with E-state index in [1.807, 2.05) is 0 Å². The van der Waals surface area contributed by atoms with Gasteiger partial charge in [0.25, 0.3) is 12.9 Å². The molecule has 51 heavy (non-hydrogen) atoms. The standard InChI is InChI=1S/C15H8F6O4S.C15H9F5O4S/c16-6-3-7(17)5-8(4-6)25-9-1-2-10-12(11(9)14(18)19)13(22)15(20,21)26(10,23)24;16-6-3-7(17)5-8(4-6)24-9-1-2-10-12(11(9)14(18)19)13(21)15(20)25(10,22)23/h1-5,13-14,22H;1-5,13-15,21H. The largest absolute Gasteiger partial charge is 0.457 e. The van der Waals surface area contributed by atoms with E-state index >= 15 is 0 Å². The molecule has 2 N–H and O–H groups in total. The van der Waals surface area contributed by atoms with Crippen LogP contribution in [0.4, 0.5) is 48.3 Å². The Morgan fingerprint density at radius 3 is 1.43 bits per heavy atom. The topological polar surface area (TPSA) is 127 Å². The zero-order chi connectivity index (χ0) is 38.0. The summed E-state index contributed by atoms with van der Waals surface area (Å²) in [6.45, 7) is 0. The molecular formula is C30H17F11O8S2. The van der Waals surface area contributed by atoms with Crippen molar-refractivity contribution in [2.45, 2.75) is 45.6 Å². The lowest BCUT2D eigenvalue weighted by Crippen LogP contribution is -2.28. The SMILES string of the molecule is O=S1(=O)c2ccc(Oc3cc(F)cc(F)c3)c(C(F)F)c2C(O)C1(F)F.O=S1(=O)c2ccc(Oc3cc(F)cc(F)c3)c(C(F)F)c2C(O)C1F. The van der Waals surface area contributed by atoms with Crippen LogP contribution in [0.2, 0.25) is 0 Å². The van der Waals surface area contributed by atoms with E-state index in [0.29, 0.717) is 36.4 Å². The third kappa shape index (κ3) is 6.58. The zero-order valence-corrected chi connectivity index (χ0v) is 26.1. The Kier molecular flexibility index (Phi) is 9.82. The highest BCUT2D eigenvalue weighted by Gasteiger charge is 2.62. The number of ether oxygens (including phenoxy) is 2. The first-order valence-corrected chi connectivity index (χ1v) is 16.7. The van der Waals surface area contributed by atoms with Crippen molar-refractivity contribution in [2.24, 2.45) is 0 Å². The van der Waals surface area contributed by atoms with Crippen LogP contribution >= 0.6 is 0 Å². The molecule has 0 bridgehead atoms. The van der Waals surface area contributed by atoms with Crippen molar-refractivity contribution in [3.63, 3.8) is 0 Å². The van der Waals surface area contributed by atoms with Crippen LogP contribution in [0, 0.1) is 23.3 Å². The minimum atomic E-state index is -5.38. The van der Waals surface area contributed by atoms with Crippen molar-refractivity contribution >= 4 is 19.7 Å². The lowest BCUT2D eigenvalue weighted by Gasteiger charge is -2.16. The first-order valence-electron chi connectivity index (χ1n) is 13.6. The Hall–Kier alpha value is -4.47. The number of hydrogen-bond donors (Lipinski definition) is 2. The van der Waals surface area contributed by atoms with Gasteiger partial charge in [0, 0.05) is 47.5 Å². The van der Waals surface area contributed by atoms with E-state index in [9.17, 15) is 75.3 Å². The molecular weight excluding hydrogens is 761 g/mol. The Bertz CT molecular complexity index is 2210. The van der Waals surface area contributed by atoms with E-state index < -0.39 is 134 Å². The minimum Gasteiger partial charge on any atom is -0.457 e. The van der Waals surface area contributed by atoms with E-state index in [-0.39, 0.29) is 0 Å². The number of alkyl halides is 7. The molecule has 0 saturated heterocycles. The van der Waals surface area contributed by atoms with Gasteiger partial charge in [0.15, 0.2) is 6.10 Å². The zero-order valence-electron chi connectivity index (χ0n) is 24.5. The van der Waals surface area contributed by atoms with Crippen LogP contribution in [0.5, 0.6) is 23.0 Å². The minimum absolute atomic E-state index is 0.466. The monoisotopic (exact) mass is 778 g/mol. The first-order chi connectivity index (χ1) is 23.6. The van der Waals surface area contributed by atoms with Gasteiger partial charge < -0.3 is 19.7 Å². The molecule has 21 heteroatoms. The molecule has 2 heterocycles. The van der Waals surface area contributed by atoms with Gasteiger partial charge in [-0.05, 0) is 24.3 Å². The summed E-state index contributed by atoms with van der Waals surface area (Å²) in [5, 5.41) is 14.6. The molecule has 3 unspecified atom stereocenters. The fourth-order valence-electron chi connectivity index (χ4n) is 5.20. The van der Waals surface area contributed by atoms with Crippen LogP contribution in [0.3, 0.4) is 0 Å². The number of rotatable bonds is 6. The number of aliphatic hydroxyl groups excluding tert-OH is 2. The van der Waals surface area contributed by atoms with E-state index in [4.69, 9.17) is 9.47 Å². The Balaban J connectivity index is 0.000000198. The molecule has 0 aliphatic carbocycles. The molecule has 0 fully saturated rings. The maximum atomic E-state index is 13.8. The Labute approximate surface area is 279 Å². The van der Waals surface area contributed by atoms with Gasteiger partial charge in [-0.25, -0.2) is 56.3 Å². The third-order valence-electron chi connectivity index (χ3n) is 7.37. The molecule has 3 atom stereocenters. The number of halogens is 11. The smallest absolute Gasteiger partial charge is 0.379 e. The predicted molar refractivity (Wildman–Crippen MR) is 150 cm³/mol. The van der Waals surface area contributed by atoms with Gasteiger partial charge in [-0.3, -0.25) is 0 Å². The number of hydrogen-bond acceptors (Lipinski definition) is 8. The molecule has 0 saturated carbocycles. The molecule has 4 aromatic carbocycles. The molecule has 6 rings (SSSR count). The summed E-state index contributed by atoms with van der Waals surface area (Å²) in [7, 11) is -10.0. The quantitative estimate of drug-likeness (QED) is 0.189. The van der Waals surface area contributed by atoms with Crippen molar-refractivity contribution in [2.75, 3.05) is 0 Å². The van der Waals surface area contributed by atoms with Crippen molar-refractivity contribution in [1.29, 1.82) is 0 Å². The van der Waals surface area contributed by atoms with Crippen molar-refractivity contribution < 1.29 is 84.8 Å². The maximum Gasteiger partial charge on any atom is 0.379 e. The lowest BCUT2D eigenvalue weighted by molar-refractivity contribution is -0.0391. The molecule has 274 valence electrons. The number of fused-ring (bicyclic) bond motifs is 2. The van der Waals surface area contributed by atoms with Crippen LogP contribution < -0.4 is 9.47 Å². The lowest BCUT2D eigenvalue weighted by atomic mass is 10.0. The molecule has 0 radical (unpaired) electrons. The van der Waals surface area contributed by atoms with Gasteiger partial charge in [-0.15, -0.1) is 0 Å². The summed E-state index contributed by atoms with van der Waals surface area (Å²) in [5.41, 5.74) is -7.18. The van der Waals surface area contributed by atoms with Gasteiger partial charge in [0.1, 0.15) is 52.4 Å². The highest BCUT2D eigenvalue weighted by Crippen LogP contribution is 2.54.